The number of amides is 1. The standard InChI is InChI=1S/C33H48BN3O4/c1-30(2)31(3,4)41-34(40-30)23-9-10-26-27(19-23)37(25-20-24(21-25)35-15-7-6-8-16-35)28(22-38)33(26)13-17-36(18-14-33)29(39)32(5)11-12-32/h9-10,19,22,24-25,28H,6-8,11-18,20-21H2,1-5H3. The lowest BCUT2D eigenvalue weighted by Gasteiger charge is -2.51. The Morgan fingerprint density at radius 2 is 1.51 bits per heavy atom. The van der Waals surface area contributed by atoms with Gasteiger partial charge in [-0.1, -0.05) is 25.5 Å². The topological polar surface area (TPSA) is 62.3 Å². The summed E-state index contributed by atoms with van der Waals surface area (Å²) in [6.07, 6.45) is 11.1. The van der Waals surface area contributed by atoms with Crippen molar-refractivity contribution in [1.29, 1.82) is 0 Å². The number of benzene rings is 1. The molecule has 0 bridgehead atoms. The molecule has 1 unspecified atom stereocenters. The van der Waals surface area contributed by atoms with Crippen molar-refractivity contribution in [3.63, 3.8) is 0 Å². The third-order valence-corrected chi connectivity index (χ3v) is 12.2. The van der Waals surface area contributed by atoms with Crippen LogP contribution in [0.15, 0.2) is 18.2 Å². The number of fused-ring (bicyclic) bond motifs is 2. The predicted molar refractivity (Wildman–Crippen MR) is 162 cm³/mol. The third-order valence-electron chi connectivity index (χ3n) is 12.2. The van der Waals surface area contributed by atoms with Gasteiger partial charge < -0.3 is 28.8 Å². The number of piperidine rings is 2. The maximum absolute atomic E-state index is 13.2. The van der Waals surface area contributed by atoms with E-state index in [9.17, 15) is 9.59 Å². The summed E-state index contributed by atoms with van der Waals surface area (Å²) in [5.41, 5.74) is 2.26. The monoisotopic (exact) mass is 561 g/mol. The van der Waals surface area contributed by atoms with E-state index in [0.29, 0.717) is 18.0 Å². The Bertz CT molecular complexity index is 1190. The highest BCUT2D eigenvalue weighted by molar-refractivity contribution is 6.62. The van der Waals surface area contributed by atoms with Crippen molar-refractivity contribution < 1.29 is 18.9 Å². The number of likely N-dealkylation sites (tertiary alicyclic amines) is 2. The highest BCUT2D eigenvalue weighted by Gasteiger charge is 2.58. The predicted octanol–water partition coefficient (Wildman–Crippen LogP) is 4.05. The second-order valence-corrected chi connectivity index (χ2v) is 15.2. The van der Waals surface area contributed by atoms with Crippen LogP contribution in [0.3, 0.4) is 0 Å². The molecule has 2 saturated carbocycles. The number of carbonyl (C=O) groups is 2. The highest BCUT2D eigenvalue weighted by atomic mass is 16.7. The van der Waals surface area contributed by atoms with Crippen LogP contribution >= 0.6 is 0 Å². The molecule has 1 spiro atoms. The number of aldehydes is 1. The van der Waals surface area contributed by atoms with Gasteiger partial charge in [-0.3, -0.25) is 4.79 Å². The lowest BCUT2D eigenvalue weighted by atomic mass is 9.68. The van der Waals surface area contributed by atoms with Crippen molar-refractivity contribution in [2.45, 2.75) is 127 Å². The molecule has 0 radical (unpaired) electrons. The molecular formula is C33H48BN3O4. The van der Waals surface area contributed by atoms with Crippen LogP contribution in [0.4, 0.5) is 5.69 Å². The molecule has 0 aromatic heterocycles. The van der Waals surface area contributed by atoms with E-state index in [4.69, 9.17) is 9.31 Å². The molecular weight excluding hydrogens is 513 g/mol. The Labute approximate surface area is 246 Å². The third kappa shape index (κ3) is 4.33. The first-order valence-electron chi connectivity index (χ1n) is 16.3. The molecule has 6 aliphatic rings. The fourth-order valence-corrected chi connectivity index (χ4v) is 8.33. The van der Waals surface area contributed by atoms with Crippen LogP contribution in [0.5, 0.6) is 0 Å². The van der Waals surface area contributed by atoms with Crippen molar-refractivity contribution in [1.82, 2.24) is 9.80 Å². The number of rotatable bonds is 5. The molecule has 4 heterocycles. The van der Waals surface area contributed by atoms with Crippen molar-refractivity contribution in [3.05, 3.63) is 23.8 Å². The molecule has 1 aromatic rings. The SMILES string of the molecule is CC1(C(=O)N2CCC3(CC2)c2ccc(B4OC(C)(C)C(C)(C)O4)cc2N(C2CC(N4CCCCC4)C2)C3C=O)CC1. The van der Waals surface area contributed by atoms with Crippen LogP contribution in [-0.2, 0) is 24.3 Å². The number of hydrogen-bond donors (Lipinski definition) is 0. The van der Waals surface area contributed by atoms with Gasteiger partial charge in [0.05, 0.1) is 17.2 Å². The molecule has 7 nitrogen and oxygen atoms in total. The van der Waals surface area contributed by atoms with Gasteiger partial charge in [0.25, 0.3) is 0 Å². The summed E-state index contributed by atoms with van der Waals surface area (Å²) in [6.45, 7) is 14.4. The minimum atomic E-state index is -0.431. The molecule has 5 fully saturated rings. The fourth-order valence-electron chi connectivity index (χ4n) is 8.33. The lowest BCUT2D eigenvalue weighted by molar-refractivity contribution is -0.138. The van der Waals surface area contributed by atoms with Crippen molar-refractivity contribution >= 4 is 30.5 Å². The minimum absolute atomic E-state index is 0.151. The molecule has 2 aliphatic carbocycles. The normalized spacial score (nSPS) is 33.0. The first-order chi connectivity index (χ1) is 19.5. The Hall–Kier alpha value is -1.90. The molecule has 0 N–H and O–H groups in total. The van der Waals surface area contributed by atoms with Crippen molar-refractivity contribution in [3.8, 4) is 0 Å². The molecule has 3 saturated heterocycles. The molecule has 1 aromatic carbocycles. The Morgan fingerprint density at radius 1 is 0.878 bits per heavy atom. The second kappa shape index (κ2) is 9.55. The largest absolute Gasteiger partial charge is 0.494 e. The van der Waals surface area contributed by atoms with Crippen molar-refractivity contribution in [2.24, 2.45) is 5.41 Å². The van der Waals surface area contributed by atoms with Crippen LogP contribution in [0.1, 0.15) is 98.0 Å². The van der Waals surface area contributed by atoms with Crippen molar-refractivity contribution in [2.75, 3.05) is 31.1 Å². The van der Waals surface area contributed by atoms with Gasteiger partial charge in [-0.05, 0) is 109 Å². The first kappa shape index (κ1) is 27.9. The summed E-state index contributed by atoms with van der Waals surface area (Å²) >= 11 is 0. The van der Waals surface area contributed by atoms with Crippen LogP contribution in [0.25, 0.3) is 0 Å². The number of hydrogen-bond acceptors (Lipinski definition) is 6. The zero-order valence-electron chi connectivity index (χ0n) is 25.8. The van der Waals surface area contributed by atoms with E-state index in [1.54, 1.807) is 0 Å². The van der Waals surface area contributed by atoms with E-state index < -0.39 is 18.3 Å². The van der Waals surface area contributed by atoms with Gasteiger partial charge in [-0.25, -0.2) is 0 Å². The maximum atomic E-state index is 13.2. The van der Waals surface area contributed by atoms with Gasteiger partial charge in [-0.15, -0.1) is 0 Å². The Morgan fingerprint density at radius 3 is 2.10 bits per heavy atom. The smallest absolute Gasteiger partial charge is 0.399 e. The first-order valence-corrected chi connectivity index (χ1v) is 16.3. The number of nitrogens with zero attached hydrogens (tertiary/aromatic N) is 3. The van der Waals surface area contributed by atoms with Gasteiger partial charge in [0.15, 0.2) is 0 Å². The average molecular weight is 562 g/mol. The highest BCUT2D eigenvalue weighted by Crippen LogP contribution is 2.54. The van der Waals surface area contributed by atoms with E-state index in [-0.39, 0.29) is 16.9 Å². The molecule has 1 atom stereocenters. The van der Waals surface area contributed by atoms with Crippen LogP contribution < -0.4 is 10.4 Å². The van der Waals surface area contributed by atoms with Crippen LogP contribution in [-0.4, -0.2) is 84.6 Å². The number of anilines is 1. The second-order valence-electron chi connectivity index (χ2n) is 15.2. The fraction of sp³-hybridized carbons (Fsp3) is 0.758. The molecule has 41 heavy (non-hydrogen) atoms. The average Bonchev–Trinajstić information content (AvgIpc) is 3.57. The van der Waals surface area contributed by atoms with Gasteiger partial charge in [0.2, 0.25) is 5.91 Å². The lowest BCUT2D eigenvalue weighted by Crippen LogP contribution is -2.60. The summed E-state index contributed by atoms with van der Waals surface area (Å²) in [5.74, 6) is 0.310. The minimum Gasteiger partial charge on any atom is -0.399 e. The Balaban J connectivity index is 1.20. The van der Waals surface area contributed by atoms with Gasteiger partial charge in [0, 0.05) is 41.7 Å². The van der Waals surface area contributed by atoms with E-state index in [2.05, 4.69) is 67.5 Å². The van der Waals surface area contributed by atoms with E-state index >= 15 is 0 Å². The van der Waals surface area contributed by atoms with Crippen LogP contribution in [0, 0.1) is 5.41 Å². The maximum Gasteiger partial charge on any atom is 0.494 e. The zero-order chi connectivity index (χ0) is 28.8. The van der Waals surface area contributed by atoms with Gasteiger partial charge in [0.1, 0.15) is 6.29 Å². The van der Waals surface area contributed by atoms with Crippen LogP contribution in [0.2, 0.25) is 0 Å². The Kier molecular flexibility index (Phi) is 6.50. The molecule has 8 heteroatoms. The molecule has 222 valence electrons. The molecule has 1 amide bonds. The quantitative estimate of drug-likeness (QED) is 0.400. The molecule has 7 rings (SSSR count). The summed E-state index contributed by atoms with van der Waals surface area (Å²) in [4.78, 5) is 33.6. The number of carbonyl (C=O) groups excluding carboxylic acids is 2. The summed E-state index contributed by atoms with van der Waals surface area (Å²) < 4.78 is 12.9. The van der Waals surface area contributed by atoms with E-state index in [0.717, 1.165) is 57.1 Å². The summed E-state index contributed by atoms with van der Waals surface area (Å²) in [5, 5.41) is 0. The van der Waals surface area contributed by atoms with Gasteiger partial charge in [-0.2, -0.15) is 0 Å². The van der Waals surface area contributed by atoms with Gasteiger partial charge >= 0.3 is 7.12 Å². The zero-order valence-corrected chi connectivity index (χ0v) is 25.8. The summed E-state index contributed by atoms with van der Waals surface area (Å²) in [6, 6.07) is 7.46. The van der Waals surface area contributed by atoms with E-state index in [1.165, 1.54) is 49.9 Å². The summed E-state index contributed by atoms with van der Waals surface area (Å²) in [7, 11) is -0.431. The molecule has 4 aliphatic heterocycles. The van der Waals surface area contributed by atoms with E-state index in [1.807, 2.05) is 0 Å².